The molecule has 0 radical (unpaired) electrons. The molecule has 0 aliphatic heterocycles. The summed E-state index contributed by atoms with van der Waals surface area (Å²) in [5.41, 5.74) is 1.00. The van der Waals surface area contributed by atoms with E-state index in [9.17, 15) is 9.90 Å². The van der Waals surface area contributed by atoms with Crippen LogP contribution in [0.5, 0.6) is 0 Å². The van der Waals surface area contributed by atoms with E-state index in [1.165, 1.54) is 0 Å². The molecule has 1 heterocycles. The predicted molar refractivity (Wildman–Crippen MR) is 88.3 cm³/mol. The summed E-state index contributed by atoms with van der Waals surface area (Å²) >= 11 is 0. The summed E-state index contributed by atoms with van der Waals surface area (Å²) < 4.78 is 0. The van der Waals surface area contributed by atoms with Crippen LogP contribution in [-0.2, 0) is 0 Å². The summed E-state index contributed by atoms with van der Waals surface area (Å²) in [6.07, 6.45) is 3.27. The van der Waals surface area contributed by atoms with Crippen LogP contribution in [0.25, 0.3) is 0 Å². The largest absolute Gasteiger partial charge is 0.393 e. The lowest BCUT2D eigenvalue weighted by Crippen LogP contribution is -2.28. The van der Waals surface area contributed by atoms with E-state index in [1.54, 1.807) is 12.1 Å². The number of nitrogens with zero attached hydrogens (tertiary/aromatic N) is 2. The van der Waals surface area contributed by atoms with Gasteiger partial charge >= 0.3 is 0 Å². The third-order valence-electron chi connectivity index (χ3n) is 3.98. The van der Waals surface area contributed by atoms with Crippen molar-refractivity contribution in [2.24, 2.45) is 0 Å². The smallest absolute Gasteiger partial charge is 0.276 e. The van der Waals surface area contributed by atoms with E-state index >= 15 is 0 Å². The molecule has 120 valence electrons. The summed E-state index contributed by atoms with van der Waals surface area (Å²) in [6.45, 7) is 0. The molecule has 1 amide bonds. The number of rotatable bonds is 4. The van der Waals surface area contributed by atoms with Crippen LogP contribution in [0.15, 0.2) is 42.5 Å². The Morgan fingerprint density at radius 3 is 2.39 bits per heavy atom. The average Bonchev–Trinajstić information content (AvgIpc) is 2.58. The third kappa shape index (κ3) is 4.26. The molecule has 6 nitrogen and oxygen atoms in total. The number of benzene rings is 1. The van der Waals surface area contributed by atoms with E-state index in [4.69, 9.17) is 0 Å². The maximum atomic E-state index is 12.1. The number of hydrogen-bond acceptors (Lipinski definition) is 5. The number of para-hydroxylation sites is 1. The second-order valence-corrected chi connectivity index (χ2v) is 5.77. The van der Waals surface area contributed by atoms with Gasteiger partial charge in [0.1, 0.15) is 5.82 Å². The number of aliphatic hydroxyl groups excluding tert-OH is 1. The summed E-state index contributed by atoms with van der Waals surface area (Å²) in [5.74, 6) is 0.374. The maximum absolute atomic E-state index is 12.1. The quantitative estimate of drug-likeness (QED) is 0.807. The highest BCUT2D eigenvalue weighted by molar-refractivity contribution is 6.02. The van der Waals surface area contributed by atoms with Crippen LogP contribution >= 0.6 is 0 Å². The van der Waals surface area contributed by atoms with E-state index in [2.05, 4.69) is 20.8 Å². The molecular formula is C17H20N4O2. The van der Waals surface area contributed by atoms with Gasteiger partial charge in [0.2, 0.25) is 0 Å². The molecule has 1 saturated carbocycles. The Balaban J connectivity index is 1.57. The van der Waals surface area contributed by atoms with Gasteiger partial charge in [-0.2, -0.15) is 0 Å². The van der Waals surface area contributed by atoms with Gasteiger partial charge in [0.05, 0.1) is 6.10 Å². The van der Waals surface area contributed by atoms with Crippen molar-refractivity contribution in [3.05, 3.63) is 48.2 Å². The standard InChI is InChI=1S/C17H20N4O2/c22-14-8-6-13(7-9-14)18-16-11-10-15(20-21-16)17(23)19-12-4-2-1-3-5-12/h1-5,10-11,13-14,22H,6-9H2,(H,18,21)(H,19,23). The molecule has 3 N–H and O–H groups in total. The Morgan fingerprint density at radius 2 is 1.74 bits per heavy atom. The monoisotopic (exact) mass is 312 g/mol. The number of aliphatic hydroxyl groups is 1. The number of hydrogen-bond donors (Lipinski definition) is 3. The Kier molecular flexibility index (Phi) is 4.83. The molecular weight excluding hydrogens is 292 g/mol. The highest BCUT2D eigenvalue weighted by Gasteiger charge is 2.19. The molecule has 0 unspecified atom stereocenters. The van der Waals surface area contributed by atoms with E-state index in [1.807, 2.05) is 30.3 Å². The van der Waals surface area contributed by atoms with Gasteiger partial charge in [-0.15, -0.1) is 10.2 Å². The van der Waals surface area contributed by atoms with Crippen LogP contribution in [0.2, 0.25) is 0 Å². The minimum absolute atomic E-state index is 0.178. The fourth-order valence-electron chi connectivity index (χ4n) is 2.68. The van der Waals surface area contributed by atoms with Crippen LogP contribution in [0.1, 0.15) is 36.2 Å². The highest BCUT2D eigenvalue weighted by atomic mass is 16.3. The minimum atomic E-state index is -0.281. The lowest BCUT2D eigenvalue weighted by molar-refractivity contribution is 0.102. The van der Waals surface area contributed by atoms with E-state index in [0.29, 0.717) is 11.9 Å². The van der Waals surface area contributed by atoms with Crippen LogP contribution in [0, 0.1) is 0 Å². The molecule has 1 aromatic heterocycles. The number of anilines is 2. The fourth-order valence-corrected chi connectivity index (χ4v) is 2.68. The summed E-state index contributed by atoms with van der Waals surface area (Å²) in [5, 5.41) is 23.6. The summed E-state index contributed by atoms with van der Waals surface area (Å²) in [4.78, 5) is 12.1. The van der Waals surface area contributed by atoms with Crippen molar-refractivity contribution in [1.82, 2.24) is 10.2 Å². The number of aromatic nitrogens is 2. The van der Waals surface area contributed by atoms with Crippen molar-refractivity contribution >= 4 is 17.4 Å². The zero-order chi connectivity index (χ0) is 16.1. The molecule has 1 fully saturated rings. The van der Waals surface area contributed by atoms with E-state index < -0.39 is 0 Å². The van der Waals surface area contributed by atoms with Crippen LogP contribution < -0.4 is 10.6 Å². The summed E-state index contributed by atoms with van der Waals surface area (Å²) in [7, 11) is 0. The molecule has 23 heavy (non-hydrogen) atoms. The van der Waals surface area contributed by atoms with Gasteiger partial charge < -0.3 is 15.7 Å². The Labute approximate surface area is 135 Å². The van der Waals surface area contributed by atoms with Gasteiger partial charge in [-0.1, -0.05) is 18.2 Å². The number of carbonyl (C=O) groups excluding carboxylic acids is 1. The zero-order valence-corrected chi connectivity index (χ0v) is 12.8. The fraction of sp³-hybridized carbons (Fsp3) is 0.353. The molecule has 1 aliphatic carbocycles. The summed E-state index contributed by atoms with van der Waals surface area (Å²) in [6, 6.07) is 13.0. The second kappa shape index (κ2) is 7.19. The van der Waals surface area contributed by atoms with E-state index in [-0.39, 0.29) is 17.7 Å². The minimum Gasteiger partial charge on any atom is -0.393 e. The van der Waals surface area contributed by atoms with Gasteiger partial charge in [0, 0.05) is 11.7 Å². The molecule has 0 saturated heterocycles. The lowest BCUT2D eigenvalue weighted by Gasteiger charge is -2.26. The van der Waals surface area contributed by atoms with Crippen LogP contribution in [0.3, 0.4) is 0 Å². The number of nitrogens with one attached hydrogen (secondary N) is 2. The first-order valence-electron chi connectivity index (χ1n) is 7.85. The SMILES string of the molecule is O=C(Nc1ccccc1)c1ccc(NC2CCC(O)CC2)nn1. The van der Waals surface area contributed by atoms with Gasteiger partial charge in [-0.3, -0.25) is 4.79 Å². The third-order valence-corrected chi connectivity index (χ3v) is 3.98. The van der Waals surface area contributed by atoms with Gasteiger partial charge in [-0.05, 0) is 49.9 Å². The van der Waals surface area contributed by atoms with Crippen molar-refractivity contribution in [3.63, 3.8) is 0 Å². The first-order valence-corrected chi connectivity index (χ1v) is 7.85. The Morgan fingerprint density at radius 1 is 1.00 bits per heavy atom. The Bertz CT molecular complexity index is 637. The van der Waals surface area contributed by atoms with Crippen molar-refractivity contribution in [2.45, 2.75) is 37.8 Å². The molecule has 3 rings (SSSR count). The van der Waals surface area contributed by atoms with Crippen molar-refractivity contribution in [3.8, 4) is 0 Å². The zero-order valence-electron chi connectivity index (χ0n) is 12.8. The molecule has 0 bridgehead atoms. The molecule has 0 atom stereocenters. The maximum Gasteiger partial charge on any atom is 0.276 e. The Hall–Kier alpha value is -2.47. The lowest BCUT2D eigenvalue weighted by atomic mass is 9.93. The molecule has 1 aromatic carbocycles. The number of carbonyl (C=O) groups is 1. The highest BCUT2D eigenvalue weighted by Crippen LogP contribution is 2.21. The predicted octanol–water partition coefficient (Wildman–Crippen LogP) is 2.44. The normalized spacial score (nSPS) is 20.7. The van der Waals surface area contributed by atoms with Gasteiger partial charge in [-0.25, -0.2) is 0 Å². The molecule has 1 aliphatic rings. The van der Waals surface area contributed by atoms with Gasteiger partial charge in [0.15, 0.2) is 5.69 Å². The van der Waals surface area contributed by atoms with Crippen LogP contribution in [0.4, 0.5) is 11.5 Å². The van der Waals surface area contributed by atoms with Crippen molar-refractivity contribution < 1.29 is 9.90 Å². The van der Waals surface area contributed by atoms with Crippen molar-refractivity contribution in [1.29, 1.82) is 0 Å². The molecule has 0 spiro atoms. The molecule has 2 aromatic rings. The van der Waals surface area contributed by atoms with E-state index in [0.717, 1.165) is 31.4 Å². The topological polar surface area (TPSA) is 87.1 Å². The average molecular weight is 312 g/mol. The number of amides is 1. The van der Waals surface area contributed by atoms with Crippen LogP contribution in [-0.4, -0.2) is 33.4 Å². The first-order chi connectivity index (χ1) is 11.2. The van der Waals surface area contributed by atoms with Crippen molar-refractivity contribution in [2.75, 3.05) is 10.6 Å². The molecule has 6 heteroatoms. The second-order valence-electron chi connectivity index (χ2n) is 5.77. The van der Waals surface area contributed by atoms with Gasteiger partial charge in [0.25, 0.3) is 5.91 Å². The first kappa shape index (κ1) is 15.4.